The number of H-pyrrole nitrogens is 1. The SMILES string of the molecule is CCC(CC)CCC1C=C(C(=O)O)C[C@H]1c1ncc[nH]1. The van der Waals surface area contributed by atoms with Crippen LogP contribution < -0.4 is 0 Å². The van der Waals surface area contributed by atoms with Crippen molar-refractivity contribution in [2.45, 2.75) is 51.9 Å². The quantitative estimate of drug-likeness (QED) is 0.797. The van der Waals surface area contributed by atoms with Crippen molar-refractivity contribution < 1.29 is 9.90 Å². The molecular weight excluding hydrogens is 252 g/mol. The average Bonchev–Trinajstić information content (AvgIpc) is 3.08. The van der Waals surface area contributed by atoms with Crippen LogP contribution in [-0.2, 0) is 4.79 Å². The minimum absolute atomic E-state index is 0.200. The third-order valence-electron chi connectivity index (χ3n) is 4.58. The van der Waals surface area contributed by atoms with E-state index >= 15 is 0 Å². The van der Waals surface area contributed by atoms with Crippen molar-refractivity contribution in [1.82, 2.24) is 9.97 Å². The van der Waals surface area contributed by atoms with E-state index in [-0.39, 0.29) is 5.92 Å². The number of carbonyl (C=O) groups is 1. The van der Waals surface area contributed by atoms with Gasteiger partial charge >= 0.3 is 5.97 Å². The summed E-state index contributed by atoms with van der Waals surface area (Å²) in [6, 6.07) is 0. The molecule has 1 aliphatic carbocycles. The zero-order valence-corrected chi connectivity index (χ0v) is 12.3. The van der Waals surface area contributed by atoms with E-state index in [2.05, 4.69) is 23.8 Å². The second-order valence-electron chi connectivity index (χ2n) is 5.71. The fraction of sp³-hybridized carbons (Fsp3) is 0.625. The van der Waals surface area contributed by atoms with Crippen LogP contribution in [0.25, 0.3) is 0 Å². The van der Waals surface area contributed by atoms with Gasteiger partial charge in [-0.05, 0) is 31.1 Å². The van der Waals surface area contributed by atoms with Crippen molar-refractivity contribution in [2.24, 2.45) is 11.8 Å². The van der Waals surface area contributed by atoms with Crippen LogP contribution >= 0.6 is 0 Å². The number of imidazole rings is 1. The van der Waals surface area contributed by atoms with E-state index in [0.717, 1.165) is 24.6 Å². The molecule has 1 aromatic rings. The van der Waals surface area contributed by atoms with E-state index in [9.17, 15) is 9.90 Å². The number of nitrogens with zero attached hydrogens (tertiary/aromatic N) is 1. The molecule has 0 saturated carbocycles. The van der Waals surface area contributed by atoms with Crippen molar-refractivity contribution in [3.8, 4) is 0 Å². The van der Waals surface area contributed by atoms with Crippen molar-refractivity contribution in [1.29, 1.82) is 0 Å². The average molecular weight is 276 g/mol. The molecule has 20 heavy (non-hydrogen) atoms. The fourth-order valence-electron chi connectivity index (χ4n) is 3.18. The number of hydrogen-bond acceptors (Lipinski definition) is 2. The highest BCUT2D eigenvalue weighted by atomic mass is 16.4. The zero-order valence-electron chi connectivity index (χ0n) is 12.3. The lowest BCUT2D eigenvalue weighted by Crippen LogP contribution is -2.10. The van der Waals surface area contributed by atoms with E-state index in [4.69, 9.17) is 0 Å². The maximum absolute atomic E-state index is 11.2. The Balaban J connectivity index is 2.06. The molecule has 0 radical (unpaired) electrons. The van der Waals surface area contributed by atoms with Gasteiger partial charge in [0.2, 0.25) is 0 Å². The highest BCUT2D eigenvalue weighted by molar-refractivity contribution is 5.87. The molecule has 2 N–H and O–H groups in total. The monoisotopic (exact) mass is 276 g/mol. The summed E-state index contributed by atoms with van der Waals surface area (Å²) in [6.45, 7) is 4.46. The largest absolute Gasteiger partial charge is 0.478 e. The standard InChI is InChI=1S/C16H24N2O2/c1-3-11(4-2)5-6-12-9-13(16(19)20)10-14(12)15-17-7-8-18-15/h7-9,11-12,14H,3-6,10H2,1-2H3,(H,17,18)(H,19,20)/t12?,14-/m1/s1. The summed E-state index contributed by atoms with van der Waals surface area (Å²) >= 11 is 0. The number of aromatic nitrogens is 2. The first-order valence-corrected chi connectivity index (χ1v) is 7.58. The Hall–Kier alpha value is -1.58. The van der Waals surface area contributed by atoms with E-state index < -0.39 is 5.97 Å². The second kappa shape index (κ2) is 6.73. The van der Waals surface area contributed by atoms with Crippen LogP contribution in [0.15, 0.2) is 24.0 Å². The molecule has 1 aromatic heterocycles. The second-order valence-corrected chi connectivity index (χ2v) is 5.71. The Bertz CT molecular complexity index is 461. The molecule has 2 rings (SSSR count). The topological polar surface area (TPSA) is 66.0 Å². The Morgan fingerprint density at radius 3 is 2.80 bits per heavy atom. The number of rotatable bonds is 7. The lowest BCUT2D eigenvalue weighted by Gasteiger charge is -2.20. The van der Waals surface area contributed by atoms with Crippen LogP contribution in [0.1, 0.15) is 57.7 Å². The van der Waals surface area contributed by atoms with Gasteiger partial charge in [-0.3, -0.25) is 0 Å². The lowest BCUT2D eigenvalue weighted by molar-refractivity contribution is -0.132. The number of allylic oxidation sites excluding steroid dienone is 1. The molecule has 0 bridgehead atoms. The number of carboxylic acid groups (broad SMARTS) is 1. The molecule has 4 nitrogen and oxygen atoms in total. The highest BCUT2D eigenvalue weighted by Crippen LogP contribution is 2.40. The molecule has 110 valence electrons. The molecule has 0 amide bonds. The van der Waals surface area contributed by atoms with Gasteiger partial charge in [0, 0.05) is 23.9 Å². The van der Waals surface area contributed by atoms with E-state index in [0.29, 0.717) is 17.9 Å². The molecule has 4 heteroatoms. The van der Waals surface area contributed by atoms with Crippen molar-refractivity contribution in [3.05, 3.63) is 29.9 Å². The number of hydrogen-bond donors (Lipinski definition) is 2. The minimum atomic E-state index is -0.786. The summed E-state index contributed by atoms with van der Waals surface area (Å²) in [6.07, 6.45) is 10.7. The van der Waals surface area contributed by atoms with Gasteiger partial charge in [0.25, 0.3) is 0 Å². The van der Waals surface area contributed by atoms with Gasteiger partial charge in [0.05, 0.1) is 0 Å². The summed E-state index contributed by atoms with van der Waals surface area (Å²) in [5.74, 6) is 1.38. The molecule has 2 atom stereocenters. The number of carboxylic acids is 1. The van der Waals surface area contributed by atoms with Crippen LogP contribution in [0, 0.1) is 11.8 Å². The van der Waals surface area contributed by atoms with Gasteiger partial charge in [0.15, 0.2) is 0 Å². The van der Waals surface area contributed by atoms with Crippen LogP contribution in [0.5, 0.6) is 0 Å². The zero-order chi connectivity index (χ0) is 14.5. The maximum Gasteiger partial charge on any atom is 0.331 e. The van der Waals surface area contributed by atoms with E-state index in [1.807, 2.05) is 12.3 Å². The Morgan fingerprint density at radius 1 is 1.50 bits per heavy atom. The van der Waals surface area contributed by atoms with Gasteiger partial charge in [-0.15, -0.1) is 0 Å². The molecule has 0 spiro atoms. The predicted molar refractivity (Wildman–Crippen MR) is 78.5 cm³/mol. The van der Waals surface area contributed by atoms with Crippen LogP contribution in [-0.4, -0.2) is 21.0 Å². The molecule has 0 aromatic carbocycles. The first-order chi connectivity index (χ1) is 9.65. The molecular formula is C16H24N2O2. The Labute approximate surface area is 120 Å². The third kappa shape index (κ3) is 3.30. The fourth-order valence-corrected chi connectivity index (χ4v) is 3.18. The van der Waals surface area contributed by atoms with Crippen LogP contribution in [0.2, 0.25) is 0 Å². The van der Waals surface area contributed by atoms with Gasteiger partial charge < -0.3 is 10.1 Å². The molecule has 0 saturated heterocycles. The number of aliphatic carboxylic acids is 1. The molecule has 0 fully saturated rings. The van der Waals surface area contributed by atoms with E-state index in [1.54, 1.807) is 6.20 Å². The summed E-state index contributed by atoms with van der Waals surface area (Å²) in [5, 5.41) is 9.22. The number of nitrogens with one attached hydrogen (secondary N) is 1. The first kappa shape index (κ1) is 14.8. The van der Waals surface area contributed by atoms with Gasteiger partial charge in [-0.1, -0.05) is 32.8 Å². The minimum Gasteiger partial charge on any atom is -0.478 e. The molecule has 1 unspecified atom stereocenters. The Kier molecular flexibility index (Phi) is 4.99. The molecule has 1 aliphatic rings. The van der Waals surface area contributed by atoms with E-state index in [1.165, 1.54) is 12.8 Å². The molecule has 1 heterocycles. The van der Waals surface area contributed by atoms with Crippen LogP contribution in [0.3, 0.4) is 0 Å². The summed E-state index contributed by atoms with van der Waals surface area (Å²) in [7, 11) is 0. The predicted octanol–water partition coefficient (Wildman–Crippen LogP) is 3.74. The van der Waals surface area contributed by atoms with Gasteiger partial charge in [0.1, 0.15) is 5.82 Å². The number of aromatic amines is 1. The van der Waals surface area contributed by atoms with Crippen molar-refractivity contribution in [2.75, 3.05) is 0 Å². The highest BCUT2D eigenvalue weighted by Gasteiger charge is 2.33. The van der Waals surface area contributed by atoms with Crippen molar-refractivity contribution in [3.63, 3.8) is 0 Å². The first-order valence-electron chi connectivity index (χ1n) is 7.58. The summed E-state index contributed by atoms with van der Waals surface area (Å²) in [5.41, 5.74) is 0.543. The smallest absolute Gasteiger partial charge is 0.331 e. The summed E-state index contributed by atoms with van der Waals surface area (Å²) in [4.78, 5) is 18.7. The summed E-state index contributed by atoms with van der Waals surface area (Å²) < 4.78 is 0. The maximum atomic E-state index is 11.2. The third-order valence-corrected chi connectivity index (χ3v) is 4.58. The van der Waals surface area contributed by atoms with Gasteiger partial charge in [-0.2, -0.15) is 0 Å². The van der Waals surface area contributed by atoms with Crippen LogP contribution in [0.4, 0.5) is 0 Å². The lowest BCUT2D eigenvalue weighted by atomic mass is 9.86. The normalized spacial score (nSPS) is 22.2. The van der Waals surface area contributed by atoms with Crippen molar-refractivity contribution >= 4 is 5.97 Å². The molecule has 0 aliphatic heterocycles. The Morgan fingerprint density at radius 2 is 2.25 bits per heavy atom. The van der Waals surface area contributed by atoms with Gasteiger partial charge in [-0.25, -0.2) is 9.78 Å².